The maximum atomic E-state index is 6.80. The SMILES string of the molecule is BrC1(Br)[C@H]2O[C@H](COCc3ccccc3)[C@@H](OCc3ccccc3)[C@H](OCc3ccccc3)[C@]21OCc1ccccc1. The predicted octanol–water partition coefficient (Wildman–Crippen LogP) is 7.60. The lowest BCUT2D eigenvalue weighted by Crippen LogP contribution is -2.58. The number of halogens is 2. The van der Waals surface area contributed by atoms with Crippen molar-refractivity contribution in [2.45, 2.75) is 59.7 Å². The second-order valence-corrected chi connectivity index (χ2v) is 14.3. The minimum atomic E-state index is -0.838. The fourth-order valence-corrected chi connectivity index (χ4v) is 7.32. The van der Waals surface area contributed by atoms with E-state index in [1.165, 1.54) is 0 Å². The third-order valence-electron chi connectivity index (χ3n) is 7.83. The van der Waals surface area contributed by atoms with Crippen LogP contribution in [0.4, 0.5) is 0 Å². The highest BCUT2D eigenvalue weighted by atomic mass is 79.9. The van der Waals surface area contributed by atoms with E-state index in [-0.39, 0.29) is 12.2 Å². The van der Waals surface area contributed by atoms with Gasteiger partial charge in [0.2, 0.25) is 0 Å². The monoisotopic (exact) mass is 692 g/mol. The summed E-state index contributed by atoms with van der Waals surface area (Å²) in [6.07, 6.45) is -1.63. The maximum absolute atomic E-state index is 6.80. The van der Waals surface area contributed by atoms with E-state index in [1.54, 1.807) is 0 Å². The van der Waals surface area contributed by atoms with Gasteiger partial charge in [-0.3, -0.25) is 0 Å². The lowest BCUT2D eigenvalue weighted by Gasteiger charge is -2.42. The maximum Gasteiger partial charge on any atom is 0.153 e. The van der Waals surface area contributed by atoms with Crippen LogP contribution in [0.1, 0.15) is 22.3 Å². The lowest BCUT2D eigenvalue weighted by molar-refractivity contribution is -0.249. The zero-order valence-electron chi connectivity index (χ0n) is 23.2. The van der Waals surface area contributed by atoms with Gasteiger partial charge in [-0.2, -0.15) is 0 Å². The van der Waals surface area contributed by atoms with Crippen molar-refractivity contribution in [3.8, 4) is 0 Å². The van der Waals surface area contributed by atoms with Gasteiger partial charge in [0, 0.05) is 0 Å². The Morgan fingerprint density at radius 1 is 0.571 bits per heavy atom. The average Bonchev–Trinajstić information content (AvgIpc) is 3.53. The zero-order chi connectivity index (χ0) is 28.8. The summed E-state index contributed by atoms with van der Waals surface area (Å²) in [6.45, 7) is 2.06. The van der Waals surface area contributed by atoms with E-state index in [2.05, 4.69) is 80.4 Å². The van der Waals surface area contributed by atoms with Crippen molar-refractivity contribution in [2.75, 3.05) is 6.61 Å². The Balaban J connectivity index is 1.29. The third-order valence-corrected chi connectivity index (χ3v) is 9.90. The van der Waals surface area contributed by atoms with Gasteiger partial charge < -0.3 is 23.7 Å². The summed E-state index contributed by atoms with van der Waals surface area (Å²) >= 11 is 7.85. The van der Waals surface area contributed by atoms with Gasteiger partial charge in [-0.25, -0.2) is 0 Å². The summed E-state index contributed by atoms with van der Waals surface area (Å²) in [5.74, 6) is 0. The van der Waals surface area contributed by atoms with E-state index in [0.717, 1.165) is 22.3 Å². The van der Waals surface area contributed by atoms with Crippen LogP contribution in [-0.2, 0) is 50.1 Å². The second kappa shape index (κ2) is 13.5. The van der Waals surface area contributed by atoms with E-state index >= 15 is 0 Å². The number of fused-ring (bicyclic) bond motifs is 1. The second-order valence-electron chi connectivity index (χ2n) is 10.7. The summed E-state index contributed by atoms with van der Waals surface area (Å²) in [7, 11) is 0. The van der Waals surface area contributed by atoms with E-state index in [1.807, 2.05) is 72.8 Å². The highest BCUT2D eigenvalue weighted by Gasteiger charge is 2.85. The van der Waals surface area contributed by atoms with Crippen molar-refractivity contribution in [3.05, 3.63) is 144 Å². The third kappa shape index (κ3) is 6.43. The largest absolute Gasteiger partial charge is 0.374 e. The molecule has 0 N–H and O–H groups in total. The molecule has 2 fully saturated rings. The summed E-state index contributed by atoms with van der Waals surface area (Å²) in [5, 5.41) is 0. The molecule has 4 aromatic rings. The van der Waals surface area contributed by atoms with E-state index in [4.69, 9.17) is 23.7 Å². The summed E-state index contributed by atoms with van der Waals surface area (Å²) < 4.78 is 32.6. The van der Waals surface area contributed by atoms with Crippen LogP contribution < -0.4 is 0 Å². The number of rotatable bonds is 13. The molecule has 218 valence electrons. The molecule has 1 saturated heterocycles. The molecule has 0 aromatic heterocycles. The Labute approximate surface area is 264 Å². The first-order chi connectivity index (χ1) is 20.6. The molecular weight excluding hydrogens is 660 g/mol. The molecule has 0 amide bonds. The zero-order valence-corrected chi connectivity index (χ0v) is 26.4. The summed E-state index contributed by atoms with van der Waals surface area (Å²) in [5.41, 5.74) is 3.49. The molecule has 1 aliphatic carbocycles. The van der Waals surface area contributed by atoms with Crippen molar-refractivity contribution < 1.29 is 23.7 Å². The Kier molecular flexibility index (Phi) is 9.56. The van der Waals surface area contributed by atoms with Crippen LogP contribution in [0, 0.1) is 0 Å². The Bertz CT molecular complexity index is 1390. The molecule has 0 radical (unpaired) electrons. The van der Waals surface area contributed by atoms with Crippen LogP contribution in [0.3, 0.4) is 0 Å². The quantitative estimate of drug-likeness (QED) is 0.135. The average molecular weight is 694 g/mol. The Morgan fingerprint density at radius 3 is 1.55 bits per heavy atom. The lowest BCUT2D eigenvalue weighted by atomic mass is 9.97. The van der Waals surface area contributed by atoms with E-state index < -0.39 is 21.0 Å². The van der Waals surface area contributed by atoms with Crippen LogP contribution in [-0.4, -0.2) is 39.9 Å². The van der Waals surface area contributed by atoms with Crippen molar-refractivity contribution in [3.63, 3.8) is 0 Å². The molecule has 4 aromatic carbocycles. The number of ether oxygens (including phenoxy) is 5. The molecule has 0 unspecified atom stereocenters. The Hall–Kier alpha value is -2.36. The predicted molar refractivity (Wildman–Crippen MR) is 169 cm³/mol. The number of hydrogen-bond donors (Lipinski definition) is 0. The van der Waals surface area contributed by atoms with E-state index in [0.29, 0.717) is 33.0 Å². The van der Waals surface area contributed by atoms with Gasteiger partial charge in [0.25, 0.3) is 0 Å². The highest BCUT2D eigenvalue weighted by molar-refractivity contribution is 9.25. The molecule has 0 spiro atoms. The fourth-order valence-electron chi connectivity index (χ4n) is 5.56. The summed E-state index contributed by atoms with van der Waals surface area (Å²) in [4.78, 5) is 0. The van der Waals surface area contributed by atoms with Crippen LogP contribution in [0.2, 0.25) is 0 Å². The van der Waals surface area contributed by atoms with Gasteiger partial charge >= 0.3 is 0 Å². The normalized spacial score (nSPS) is 26.0. The molecule has 1 aliphatic heterocycles. The van der Waals surface area contributed by atoms with Crippen LogP contribution in [0.15, 0.2) is 121 Å². The van der Waals surface area contributed by atoms with Crippen molar-refractivity contribution >= 4 is 31.9 Å². The first-order valence-electron chi connectivity index (χ1n) is 14.2. The van der Waals surface area contributed by atoms with Gasteiger partial charge in [0.1, 0.15) is 27.6 Å². The number of alkyl halides is 2. The molecule has 2 aliphatic rings. The van der Waals surface area contributed by atoms with E-state index in [9.17, 15) is 0 Å². The van der Waals surface area contributed by atoms with Crippen LogP contribution >= 0.6 is 31.9 Å². The van der Waals surface area contributed by atoms with Gasteiger partial charge in [-0.15, -0.1) is 0 Å². The molecule has 42 heavy (non-hydrogen) atoms. The molecule has 1 saturated carbocycles. The van der Waals surface area contributed by atoms with Gasteiger partial charge in [0.15, 0.2) is 5.60 Å². The molecule has 5 atom stereocenters. The standard InChI is InChI=1S/C35H34Br2O5/c36-35(37)33-34(35,41-24-29-19-11-4-12-20-29)32(40-23-28-17-9-3-10-18-28)31(39-22-27-15-7-2-8-16-27)30(42-33)25-38-21-26-13-5-1-6-14-26/h1-20,30-33H,21-25H2/t30-,31-,32+,33+,34+/m1/s1. The fraction of sp³-hybridized carbons (Fsp3) is 0.314. The van der Waals surface area contributed by atoms with Crippen LogP contribution in [0.5, 0.6) is 0 Å². The topological polar surface area (TPSA) is 46.2 Å². The Morgan fingerprint density at radius 2 is 1.02 bits per heavy atom. The number of hydrogen-bond acceptors (Lipinski definition) is 5. The van der Waals surface area contributed by atoms with Gasteiger partial charge in [0.05, 0.1) is 33.0 Å². The molecule has 0 bridgehead atoms. The molecule has 1 heterocycles. The minimum Gasteiger partial charge on any atom is -0.374 e. The van der Waals surface area contributed by atoms with Gasteiger partial charge in [-0.1, -0.05) is 153 Å². The molecular formula is C35H34Br2O5. The van der Waals surface area contributed by atoms with Crippen molar-refractivity contribution in [1.29, 1.82) is 0 Å². The molecule has 6 rings (SSSR count). The first-order valence-corrected chi connectivity index (χ1v) is 15.8. The highest BCUT2D eigenvalue weighted by Crippen LogP contribution is 2.69. The smallest absolute Gasteiger partial charge is 0.153 e. The molecule has 7 heteroatoms. The van der Waals surface area contributed by atoms with Gasteiger partial charge in [-0.05, 0) is 22.3 Å². The number of benzene rings is 4. The summed E-state index contributed by atoms with van der Waals surface area (Å²) in [6, 6.07) is 40.7. The van der Waals surface area contributed by atoms with Crippen molar-refractivity contribution in [1.82, 2.24) is 0 Å². The minimum absolute atomic E-state index is 0.323. The molecule has 5 nitrogen and oxygen atoms in total. The first kappa shape index (κ1) is 29.7. The van der Waals surface area contributed by atoms with Crippen LogP contribution in [0.25, 0.3) is 0 Å². The van der Waals surface area contributed by atoms with Crippen molar-refractivity contribution in [2.24, 2.45) is 0 Å².